The van der Waals surface area contributed by atoms with Gasteiger partial charge in [-0.05, 0) is 92.9 Å². The monoisotopic (exact) mass is 447 g/mol. The number of amides is 2. The number of pyridine rings is 1. The fourth-order valence-electron chi connectivity index (χ4n) is 7.21. The van der Waals surface area contributed by atoms with Crippen molar-refractivity contribution in [2.24, 2.45) is 23.2 Å². The van der Waals surface area contributed by atoms with Gasteiger partial charge < -0.3 is 5.32 Å². The second kappa shape index (κ2) is 7.62. The van der Waals surface area contributed by atoms with E-state index in [0.717, 1.165) is 27.7 Å². The van der Waals surface area contributed by atoms with E-state index in [1.165, 1.54) is 50.3 Å². The molecule has 7 rings (SSSR count). The third-order valence-corrected chi connectivity index (χ3v) is 9.38. The number of rotatable bonds is 4. The molecule has 4 saturated carbocycles. The van der Waals surface area contributed by atoms with Crippen LogP contribution in [-0.4, -0.2) is 29.4 Å². The van der Waals surface area contributed by atoms with E-state index >= 15 is 0 Å². The van der Waals surface area contributed by atoms with Crippen molar-refractivity contribution in [1.82, 2.24) is 10.3 Å². The van der Waals surface area contributed by atoms with Gasteiger partial charge in [-0.2, -0.15) is 0 Å². The predicted molar refractivity (Wildman–Crippen MR) is 125 cm³/mol. The summed E-state index contributed by atoms with van der Waals surface area (Å²) in [4.78, 5) is 33.7. The zero-order valence-electron chi connectivity index (χ0n) is 18.4. The zero-order valence-corrected chi connectivity index (χ0v) is 19.2. The SMILES string of the molecule is CC(NC(=O)CN1C(=O)c2ccccc2Sc2ncccc21)C12CC3CC(CC(C3)C1)C2. The van der Waals surface area contributed by atoms with Crippen LogP contribution < -0.4 is 10.2 Å². The molecule has 2 amide bonds. The third-order valence-electron chi connectivity index (χ3n) is 8.29. The minimum Gasteiger partial charge on any atom is -0.352 e. The average molecular weight is 448 g/mol. The minimum atomic E-state index is -0.141. The first-order valence-electron chi connectivity index (χ1n) is 11.8. The highest BCUT2D eigenvalue weighted by Crippen LogP contribution is 2.61. The van der Waals surface area contributed by atoms with E-state index in [-0.39, 0.29) is 29.8 Å². The average Bonchev–Trinajstić information content (AvgIpc) is 2.88. The second-order valence-electron chi connectivity index (χ2n) is 10.4. The lowest BCUT2D eigenvalue weighted by Gasteiger charge is -2.59. The third kappa shape index (κ3) is 3.35. The summed E-state index contributed by atoms with van der Waals surface area (Å²) in [6.45, 7) is 2.21. The van der Waals surface area contributed by atoms with E-state index < -0.39 is 0 Å². The number of carbonyl (C=O) groups excluding carboxylic acids is 2. The molecule has 5 nitrogen and oxygen atoms in total. The lowest BCUT2D eigenvalue weighted by atomic mass is 9.48. The number of hydrogen-bond donors (Lipinski definition) is 1. The van der Waals surface area contributed by atoms with Crippen molar-refractivity contribution in [2.45, 2.75) is 61.4 Å². The van der Waals surface area contributed by atoms with Crippen LogP contribution >= 0.6 is 11.8 Å². The van der Waals surface area contributed by atoms with Crippen molar-refractivity contribution in [1.29, 1.82) is 0 Å². The van der Waals surface area contributed by atoms with Crippen molar-refractivity contribution in [3.05, 3.63) is 48.2 Å². The second-order valence-corrected chi connectivity index (χ2v) is 11.4. The normalized spacial score (nSPS) is 31.0. The van der Waals surface area contributed by atoms with E-state index in [9.17, 15) is 9.59 Å². The van der Waals surface area contributed by atoms with Crippen molar-refractivity contribution in [3.8, 4) is 0 Å². The van der Waals surface area contributed by atoms with Crippen LogP contribution in [0.15, 0.2) is 52.5 Å². The van der Waals surface area contributed by atoms with E-state index in [2.05, 4.69) is 17.2 Å². The quantitative estimate of drug-likeness (QED) is 0.723. The number of nitrogens with zero attached hydrogens (tertiary/aromatic N) is 2. The molecule has 1 N–H and O–H groups in total. The number of anilines is 1. The highest BCUT2D eigenvalue weighted by atomic mass is 32.2. The summed E-state index contributed by atoms with van der Waals surface area (Å²) in [5, 5.41) is 4.08. The Morgan fingerprint density at radius 3 is 2.53 bits per heavy atom. The topological polar surface area (TPSA) is 62.3 Å². The first-order chi connectivity index (χ1) is 15.5. The molecule has 1 aromatic heterocycles. The summed E-state index contributed by atoms with van der Waals surface area (Å²) in [6.07, 6.45) is 9.66. The van der Waals surface area contributed by atoms with Crippen LogP contribution in [0.5, 0.6) is 0 Å². The zero-order chi connectivity index (χ0) is 21.9. The van der Waals surface area contributed by atoms with Crippen LogP contribution in [0.4, 0.5) is 5.69 Å². The Balaban J connectivity index is 1.24. The predicted octanol–water partition coefficient (Wildman–Crippen LogP) is 4.91. The van der Waals surface area contributed by atoms with E-state index in [0.29, 0.717) is 11.3 Å². The Hall–Kier alpha value is -2.34. The van der Waals surface area contributed by atoms with Gasteiger partial charge in [-0.15, -0.1) is 0 Å². The van der Waals surface area contributed by atoms with Crippen LogP contribution in [0, 0.1) is 23.2 Å². The van der Waals surface area contributed by atoms with Crippen LogP contribution in [0.2, 0.25) is 0 Å². The summed E-state index contributed by atoms with van der Waals surface area (Å²) in [5.41, 5.74) is 1.57. The molecule has 0 saturated heterocycles. The van der Waals surface area contributed by atoms with Gasteiger partial charge in [0.2, 0.25) is 5.91 Å². The molecule has 2 heterocycles. The van der Waals surface area contributed by atoms with Gasteiger partial charge >= 0.3 is 0 Å². The minimum absolute atomic E-state index is 0.0170. The van der Waals surface area contributed by atoms with Gasteiger partial charge in [0.1, 0.15) is 11.6 Å². The molecule has 1 unspecified atom stereocenters. The number of nitrogens with one attached hydrogen (secondary N) is 1. The van der Waals surface area contributed by atoms with Crippen LogP contribution in [0.1, 0.15) is 55.8 Å². The smallest absolute Gasteiger partial charge is 0.259 e. The highest BCUT2D eigenvalue weighted by molar-refractivity contribution is 7.99. The molecule has 1 aliphatic heterocycles. The number of fused-ring (bicyclic) bond motifs is 2. The van der Waals surface area contributed by atoms with Crippen molar-refractivity contribution < 1.29 is 9.59 Å². The number of hydrogen-bond acceptors (Lipinski definition) is 4. The van der Waals surface area contributed by atoms with Crippen molar-refractivity contribution >= 4 is 29.3 Å². The molecule has 0 spiro atoms. The number of benzene rings is 1. The Morgan fingerprint density at radius 1 is 1.12 bits per heavy atom. The number of aromatic nitrogens is 1. The Bertz CT molecular complexity index is 1050. The summed E-state index contributed by atoms with van der Waals surface area (Å²) in [7, 11) is 0. The first-order valence-corrected chi connectivity index (χ1v) is 12.7. The van der Waals surface area contributed by atoms with E-state index in [1.54, 1.807) is 11.1 Å². The molecule has 166 valence electrons. The first kappa shape index (κ1) is 20.3. The Labute approximate surface area is 193 Å². The lowest BCUT2D eigenvalue weighted by molar-refractivity contribution is -0.124. The molecule has 32 heavy (non-hydrogen) atoms. The summed E-state index contributed by atoms with van der Waals surface area (Å²) in [5.74, 6) is 2.32. The standard InChI is InChI=1S/C26H29N3O2S/c1-16(26-12-17-9-18(13-26)11-19(10-17)14-26)28-23(30)15-29-21-6-4-8-27-24(21)32-22-7-3-2-5-20(22)25(29)31/h2-8,16-19H,9-15H2,1H3,(H,28,30). The molecule has 0 radical (unpaired) electrons. The van der Waals surface area contributed by atoms with Crippen LogP contribution in [0.25, 0.3) is 0 Å². The summed E-state index contributed by atoms with van der Waals surface area (Å²) in [6, 6.07) is 11.4. The van der Waals surface area contributed by atoms with Gasteiger partial charge in [0.25, 0.3) is 5.91 Å². The van der Waals surface area contributed by atoms with E-state index in [1.807, 2.05) is 36.4 Å². The van der Waals surface area contributed by atoms with Gasteiger partial charge in [0, 0.05) is 17.1 Å². The summed E-state index contributed by atoms with van der Waals surface area (Å²) < 4.78 is 0. The molecule has 5 aliphatic rings. The van der Waals surface area contributed by atoms with Crippen LogP contribution in [-0.2, 0) is 4.79 Å². The summed E-state index contributed by atoms with van der Waals surface area (Å²) >= 11 is 1.49. The molecule has 4 aliphatic carbocycles. The molecule has 4 fully saturated rings. The largest absolute Gasteiger partial charge is 0.352 e. The molecule has 1 atom stereocenters. The van der Waals surface area contributed by atoms with Gasteiger partial charge in [0.15, 0.2) is 0 Å². The van der Waals surface area contributed by atoms with Crippen molar-refractivity contribution in [2.75, 3.05) is 11.4 Å². The van der Waals surface area contributed by atoms with Gasteiger partial charge in [-0.3, -0.25) is 14.5 Å². The molecule has 1 aromatic carbocycles. The maximum absolute atomic E-state index is 13.4. The fourth-order valence-corrected chi connectivity index (χ4v) is 8.22. The molecular weight excluding hydrogens is 418 g/mol. The van der Waals surface area contributed by atoms with E-state index in [4.69, 9.17) is 0 Å². The Kier molecular flexibility index (Phi) is 4.83. The maximum atomic E-state index is 13.4. The fraction of sp³-hybridized carbons (Fsp3) is 0.500. The highest BCUT2D eigenvalue weighted by Gasteiger charge is 2.53. The maximum Gasteiger partial charge on any atom is 0.259 e. The number of carbonyl (C=O) groups is 2. The molecular formula is C26H29N3O2S. The van der Waals surface area contributed by atoms with Crippen LogP contribution in [0.3, 0.4) is 0 Å². The Morgan fingerprint density at radius 2 is 1.81 bits per heavy atom. The molecule has 2 aromatic rings. The van der Waals surface area contributed by atoms with Crippen molar-refractivity contribution in [3.63, 3.8) is 0 Å². The van der Waals surface area contributed by atoms with Gasteiger partial charge in [0.05, 0.1) is 11.3 Å². The van der Waals surface area contributed by atoms with Gasteiger partial charge in [-0.1, -0.05) is 23.9 Å². The molecule has 4 bridgehead atoms. The lowest BCUT2D eigenvalue weighted by Crippen LogP contribution is -2.57. The van der Waals surface area contributed by atoms with Gasteiger partial charge in [-0.25, -0.2) is 4.98 Å². The molecule has 6 heteroatoms.